The average Bonchev–Trinajstić information content (AvgIpc) is 3.53. The van der Waals surface area contributed by atoms with Gasteiger partial charge in [0.15, 0.2) is 0 Å². The van der Waals surface area contributed by atoms with Crippen molar-refractivity contribution in [3.63, 3.8) is 0 Å². The number of rotatable bonds is 6. The van der Waals surface area contributed by atoms with Crippen LogP contribution in [0.1, 0.15) is 44.0 Å². The normalized spacial score (nSPS) is 27.6. The zero-order chi connectivity index (χ0) is 21.3. The number of hydrogen-bond acceptors (Lipinski definition) is 7. The van der Waals surface area contributed by atoms with Crippen molar-refractivity contribution in [2.24, 2.45) is 11.8 Å². The van der Waals surface area contributed by atoms with Gasteiger partial charge in [-0.25, -0.2) is 9.67 Å². The Kier molecular flexibility index (Phi) is 4.03. The number of anilines is 3. The van der Waals surface area contributed by atoms with Gasteiger partial charge in [-0.15, -0.1) is 0 Å². The van der Waals surface area contributed by atoms with E-state index < -0.39 is 17.2 Å². The minimum Gasteiger partial charge on any atom is -0.465 e. The summed E-state index contributed by atoms with van der Waals surface area (Å²) in [6.45, 7) is 4.38. The number of cyclic esters (lactones) is 1. The minimum atomic E-state index is -4.56. The summed E-state index contributed by atoms with van der Waals surface area (Å²) < 4.78 is 46.6. The molecule has 2 aliphatic carbocycles. The molecule has 2 N–H and O–H groups in total. The maximum absolute atomic E-state index is 13.2. The van der Waals surface area contributed by atoms with Crippen LogP contribution in [-0.2, 0) is 21.1 Å². The van der Waals surface area contributed by atoms with Gasteiger partial charge in [-0.1, -0.05) is 6.92 Å². The zero-order valence-corrected chi connectivity index (χ0v) is 16.5. The lowest BCUT2D eigenvalue weighted by Crippen LogP contribution is -2.22. The Bertz CT molecular complexity index is 1020. The third-order valence-electron chi connectivity index (χ3n) is 6.26. The zero-order valence-electron chi connectivity index (χ0n) is 16.5. The van der Waals surface area contributed by atoms with Crippen molar-refractivity contribution in [2.75, 3.05) is 23.8 Å². The fourth-order valence-corrected chi connectivity index (χ4v) is 4.43. The van der Waals surface area contributed by atoms with E-state index >= 15 is 0 Å². The highest BCUT2D eigenvalue weighted by atomic mass is 19.4. The number of nitrogens with one attached hydrogen (secondary N) is 2. The van der Waals surface area contributed by atoms with Gasteiger partial charge in [0.05, 0.1) is 18.3 Å². The van der Waals surface area contributed by atoms with Crippen LogP contribution in [0.3, 0.4) is 0 Å². The lowest BCUT2D eigenvalue weighted by molar-refractivity contribution is -0.143. The van der Waals surface area contributed by atoms with Crippen LogP contribution in [0.15, 0.2) is 12.3 Å². The summed E-state index contributed by atoms with van der Waals surface area (Å²) in [5, 5.41) is 10.3. The highest BCUT2D eigenvalue weighted by molar-refractivity contribution is 5.90. The number of carbonyl (C=O) groups excluding carboxylic acids is 1. The number of carbonyl (C=O) groups is 1. The van der Waals surface area contributed by atoms with E-state index in [1.54, 1.807) is 17.7 Å². The van der Waals surface area contributed by atoms with E-state index in [9.17, 15) is 18.0 Å². The van der Waals surface area contributed by atoms with Gasteiger partial charge < -0.3 is 15.4 Å². The summed E-state index contributed by atoms with van der Waals surface area (Å²) >= 11 is 0. The summed E-state index contributed by atoms with van der Waals surface area (Å²) in [4.78, 5) is 20.3. The molecule has 3 aliphatic rings. The van der Waals surface area contributed by atoms with Gasteiger partial charge in [-0.3, -0.25) is 4.79 Å². The van der Waals surface area contributed by atoms with Crippen LogP contribution in [-0.4, -0.2) is 38.9 Å². The third kappa shape index (κ3) is 2.74. The van der Waals surface area contributed by atoms with Crippen molar-refractivity contribution < 1.29 is 22.7 Å². The van der Waals surface area contributed by atoms with Crippen molar-refractivity contribution in [3.8, 4) is 0 Å². The molecule has 1 unspecified atom stereocenters. The Labute approximate surface area is 170 Å². The van der Waals surface area contributed by atoms with Gasteiger partial charge in [0.25, 0.3) is 0 Å². The lowest BCUT2D eigenvalue weighted by Gasteiger charge is -2.14. The van der Waals surface area contributed by atoms with Gasteiger partial charge >= 0.3 is 12.1 Å². The molecule has 1 saturated heterocycles. The van der Waals surface area contributed by atoms with Crippen LogP contribution in [0.25, 0.3) is 0 Å². The Hall–Kier alpha value is -2.85. The van der Waals surface area contributed by atoms with Crippen molar-refractivity contribution in [1.82, 2.24) is 19.7 Å². The maximum atomic E-state index is 13.2. The first-order chi connectivity index (χ1) is 14.3. The van der Waals surface area contributed by atoms with E-state index in [-0.39, 0.29) is 42.2 Å². The van der Waals surface area contributed by atoms with E-state index in [4.69, 9.17) is 4.74 Å². The molecule has 0 radical (unpaired) electrons. The topological polar surface area (TPSA) is 94.0 Å². The predicted molar refractivity (Wildman–Crippen MR) is 100 cm³/mol. The monoisotopic (exact) mass is 422 g/mol. The fourth-order valence-electron chi connectivity index (χ4n) is 4.43. The number of ether oxygens (including phenoxy) is 1. The van der Waals surface area contributed by atoms with Crippen LogP contribution in [0.5, 0.6) is 0 Å². The maximum Gasteiger partial charge on any atom is 0.421 e. The van der Waals surface area contributed by atoms with Crippen LogP contribution < -0.4 is 10.6 Å². The van der Waals surface area contributed by atoms with Crippen LogP contribution >= 0.6 is 0 Å². The first-order valence-corrected chi connectivity index (χ1v) is 9.99. The molecule has 0 bridgehead atoms. The number of alkyl halides is 3. The number of esters is 1. The molecule has 0 spiro atoms. The second kappa shape index (κ2) is 6.32. The Morgan fingerprint density at radius 2 is 2.13 bits per heavy atom. The summed E-state index contributed by atoms with van der Waals surface area (Å²) in [6, 6.07) is 1.96. The first kappa shape index (κ1) is 19.1. The molecule has 5 rings (SSSR count). The quantitative estimate of drug-likeness (QED) is 0.690. The minimum absolute atomic E-state index is 0.0270. The number of nitrogens with zero attached hydrogens (tertiary/aromatic N) is 4. The average molecular weight is 422 g/mol. The number of fused-ring (bicyclic) bond motifs is 1. The Balaban J connectivity index is 1.49. The van der Waals surface area contributed by atoms with Crippen molar-refractivity contribution in [3.05, 3.63) is 23.5 Å². The molecule has 0 aromatic carbocycles. The molecular weight excluding hydrogens is 401 g/mol. The first-order valence-electron chi connectivity index (χ1n) is 9.99. The Morgan fingerprint density at radius 3 is 2.73 bits per heavy atom. The number of hydrogen-bond donors (Lipinski definition) is 2. The van der Waals surface area contributed by atoms with E-state index in [2.05, 4.69) is 25.7 Å². The van der Waals surface area contributed by atoms with Crippen LogP contribution in [0.2, 0.25) is 0 Å². The van der Waals surface area contributed by atoms with E-state index in [1.807, 2.05) is 6.92 Å². The molecule has 2 aromatic heterocycles. The summed E-state index contributed by atoms with van der Waals surface area (Å²) in [6.07, 6.45) is -1.90. The molecule has 1 aliphatic heterocycles. The molecule has 2 aromatic rings. The van der Waals surface area contributed by atoms with E-state index in [1.165, 1.54) is 0 Å². The molecule has 160 valence electrons. The molecule has 2 saturated carbocycles. The standard InChI is InChI=1S/C19H21F3N6O2/c1-3-23-15-11(19(20,21)22)7-24-17(26-15)25-14-6-13(27-28(14)10-4-5-10)18-9(2)12(18)8-30-16(18)29/h6-7,9-10,12H,3-5,8H2,1-2H3,(H2,23,24,25,26)/t9-,12?,18-/m1/s1. The van der Waals surface area contributed by atoms with Gasteiger partial charge in [-0.2, -0.15) is 23.3 Å². The highest BCUT2D eigenvalue weighted by Crippen LogP contribution is 2.64. The van der Waals surface area contributed by atoms with E-state index in [0.717, 1.165) is 19.0 Å². The Morgan fingerprint density at radius 1 is 1.37 bits per heavy atom. The molecule has 11 heteroatoms. The predicted octanol–water partition coefficient (Wildman–Crippen LogP) is 3.26. The smallest absolute Gasteiger partial charge is 0.421 e. The lowest BCUT2D eigenvalue weighted by atomic mass is 9.99. The molecular formula is C19H21F3N6O2. The van der Waals surface area contributed by atoms with Gasteiger partial charge in [0.2, 0.25) is 5.95 Å². The van der Waals surface area contributed by atoms with Gasteiger partial charge in [0.1, 0.15) is 22.6 Å². The van der Waals surface area contributed by atoms with Crippen LogP contribution in [0, 0.1) is 11.8 Å². The summed E-state index contributed by atoms with van der Waals surface area (Å²) in [5.74, 6) is 0.307. The van der Waals surface area contributed by atoms with Gasteiger partial charge in [0, 0.05) is 24.7 Å². The van der Waals surface area contributed by atoms with Crippen molar-refractivity contribution in [2.45, 2.75) is 44.3 Å². The molecule has 8 nitrogen and oxygen atoms in total. The molecule has 3 fully saturated rings. The van der Waals surface area contributed by atoms with E-state index in [0.29, 0.717) is 18.1 Å². The van der Waals surface area contributed by atoms with Crippen LogP contribution in [0.4, 0.5) is 30.8 Å². The molecule has 3 heterocycles. The molecule has 3 atom stereocenters. The largest absolute Gasteiger partial charge is 0.465 e. The van der Waals surface area contributed by atoms with Crippen molar-refractivity contribution >= 4 is 23.6 Å². The SMILES string of the molecule is CCNc1nc(Nc2cc([C@]34C(=O)OCC3[C@H]4C)nn2C2CC2)ncc1C(F)(F)F. The molecule has 0 amide bonds. The summed E-state index contributed by atoms with van der Waals surface area (Å²) in [5.41, 5.74) is -1.00. The number of halogens is 3. The van der Waals surface area contributed by atoms with Gasteiger partial charge in [-0.05, 0) is 25.7 Å². The molecule has 30 heavy (non-hydrogen) atoms. The fraction of sp³-hybridized carbons (Fsp3) is 0.579. The third-order valence-corrected chi connectivity index (χ3v) is 6.26. The second-order valence-corrected chi connectivity index (χ2v) is 8.06. The van der Waals surface area contributed by atoms with Crippen molar-refractivity contribution in [1.29, 1.82) is 0 Å². The highest BCUT2D eigenvalue weighted by Gasteiger charge is 2.74. The second-order valence-electron chi connectivity index (χ2n) is 8.06. The summed E-state index contributed by atoms with van der Waals surface area (Å²) in [7, 11) is 0. The number of aromatic nitrogens is 4.